The van der Waals surface area contributed by atoms with Gasteiger partial charge in [0.15, 0.2) is 11.6 Å². The fourth-order valence-electron chi connectivity index (χ4n) is 2.72. The Morgan fingerprint density at radius 2 is 2.05 bits per heavy atom. The standard InChI is InChI=1S/C13H21N5O/c1-14-12-11(19-2)13(16-8-15-12)17-9-5-6-18(7-9)10-3-4-10/h8-10H,3-7H2,1-2H3,(H2,14,15,16,17). The number of aromatic nitrogens is 2. The van der Waals surface area contributed by atoms with Crippen LogP contribution in [0.1, 0.15) is 19.3 Å². The van der Waals surface area contributed by atoms with Crippen molar-refractivity contribution in [3.63, 3.8) is 0 Å². The van der Waals surface area contributed by atoms with Gasteiger partial charge in [0, 0.05) is 32.2 Å². The minimum absolute atomic E-state index is 0.453. The van der Waals surface area contributed by atoms with Gasteiger partial charge in [0.25, 0.3) is 0 Å². The number of methoxy groups -OCH3 is 1. The summed E-state index contributed by atoms with van der Waals surface area (Å²) in [5.74, 6) is 2.19. The first-order valence-electron chi connectivity index (χ1n) is 6.89. The number of hydrogen-bond acceptors (Lipinski definition) is 6. The monoisotopic (exact) mass is 263 g/mol. The predicted molar refractivity (Wildman–Crippen MR) is 74.8 cm³/mol. The Bertz CT molecular complexity index is 449. The minimum atomic E-state index is 0.453. The van der Waals surface area contributed by atoms with Crippen LogP contribution >= 0.6 is 0 Å². The maximum absolute atomic E-state index is 5.40. The highest BCUT2D eigenvalue weighted by atomic mass is 16.5. The summed E-state index contributed by atoms with van der Waals surface area (Å²) in [4.78, 5) is 11.0. The molecule has 6 heteroatoms. The van der Waals surface area contributed by atoms with Crippen molar-refractivity contribution >= 4 is 11.6 Å². The molecule has 1 saturated heterocycles. The third-order valence-corrected chi connectivity index (χ3v) is 3.87. The quantitative estimate of drug-likeness (QED) is 0.831. The van der Waals surface area contributed by atoms with Crippen LogP contribution in [0.5, 0.6) is 5.75 Å². The first-order valence-corrected chi connectivity index (χ1v) is 6.89. The van der Waals surface area contributed by atoms with Gasteiger partial charge in [0.1, 0.15) is 6.33 Å². The number of ether oxygens (including phenoxy) is 1. The van der Waals surface area contributed by atoms with Crippen molar-refractivity contribution in [1.82, 2.24) is 14.9 Å². The van der Waals surface area contributed by atoms with Crippen molar-refractivity contribution in [1.29, 1.82) is 0 Å². The van der Waals surface area contributed by atoms with Gasteiger partial charge >= 0.3 is 0 Å². The van der Waals surface area contributed by atoms with Crippen LogP contribution in [0.15, 0.2) is 6.33 Å². The van der Waals surface area contributed by atoms with Crippen molar-refractivity contribution in [3.8, 4) is 5.75 Å². The van der Waals surface area contributed by atoms with Crippen molar-refractivity contribution < 1.29 is 4.74 Å². The molecule has 1 unspecified atom stereocenters. The number of likely N-dealkylation sites (tertiary alicyclic amines) is 1. The molecule has 1 aromatic heterocycles. The molecule has 0 amide bonds. The van der Waals surface area contributed by atoms with E-state index in [0.29, 0.717) is 11.8 Å². The van der Waals surface area contributed by atoms with Crippen molar-refractivity contribution in [2.75, 3.05) is 37.9 Å². The Morgan fingerprint density at radius 3 is 2.74 bits per heavy atom. The van der Waals surface area contributed by atoms with E-state index in [0.717, 1.165) is 24.2 Å². The number of nitrogens with zero attached hydrogens (tertiary/aromatic N) is 3. The second-order valence-electron chi connectivity index (χ2n) is 5.21. The molecule has 2 aliphatic rings. The third kappa shape index (κ3) is 2.58. The van der Waals surface area contributed by atoms with Gasteiger partial charge in [-0.3, -0.25) is 4.90 Å². The molecule has 0 radical (unpaired) electrons. The number of nitrogens with one attached hydrogen (secondary N) is 2. The average molecular weight is 263 g/mol. The van der Waals surface area contributed by atoms with Gasteiger partial charge < -0.3 is 15.4 Å². The molecular weight excluding hydrogens is 242 g/mol. The molecule has 3 rings (SSSR count). The summed E-state index contributed by atoms with van der Waals surface area (Å²) in [6, 6.07) is 1.29. The van der Waals surface area contributed by atoms with Gasteiger partial charge in [-0.1, -0.05) is 0 Å². The molecule has 104 valence electrons. The number of rotatable bonds is 5. The molecule has 2 heterocycles. The van der Waals surface area contributed by atoms with Crippen molar-refractivity contribution in [2.24, 2.45) is 0 Å². The molecule has 6 nitrogen and oxygen atoms in total. The van der Waals surface area contributed by atoms with Gasteiger partial charge in [-0.15, -0.1) is 0 Å². The molecule has 1 saturated carbocycles. The van der Waals surface area contributed by atoms with E-state index >= 15 is 0 Å². The summed E-state index contributed by atoms with van der Waals surface area (Å²) in [5.41, 5.74) is 0. The maximum Gasteiger partial charge on any atom is 0.204 e. The third-order valence-electron chi connectivity index (χ3n) is 3.87. The van der Waals surface area contributed by atoms with Crippen LogP contribution in [0.3, 0.4) is 0 Å². The van der Waals surface area contributed by atoms with Gasteiger partial charge in [-0.2, -0.15) is 0 Å². The van der Waals surface area contributed by atoms with E-state index in [1.54, 1.807) is 13.4 Å². The van der Waals surface area contributed by atoms with Crippen LogP contribution in [-0.4, -0.2) is 54.2 Å². The van der Waals surface area contributed by atoms with Crippen LogP contribution < -0.4 is 15.4 Å². The van der Waals surface area contributed by atoms with E-state index in [1.807, 2.05) is 7.05 Å². The molecule has 0 bridgehead atoms. The molecule has 1 aliphatic carbocycles. The predicted octanol–water partition coefficient (Wildman–Crippen LogP) is 1.18. The summed E-state index contributed by atoms with van der Waals surface area (Å²) >= 11 is 0. The summed E-state index contributed by atoms with van der Waals surface area (Å²) in [5, 5.41) is 6.51. The van der Waals surface area contributed by atoms with Crippen molar-refractivity contribution in [3.05, 3.63) is 6.33 Å². The Labute approximate surface area is 113 Å². The van der Waals surface area contributed by atoms with E-state index in [9.17, 15) is 0 Å². The Kier molecular flexibility index (Phi) is 3.42. The molecular formula is C13H21N5O. The highest BCUT2D eigenvalue weighted by Crippen LogP contribution is 2.33. The summed E-state index contributed by atoms with van der Waals surface area (Å²) in [7, 11) is 3.48. The second kappa shape index (κ2) is 5.21. The lowest BCUT2D eigenvalue weighted by atomic mass is 10.2. The molecule has 2 N–H and O–H groups in total. The largest absolute Gasteiger partial charge is 0.490 e. The van der Waals surface area contributed by atoms with Gasteiger partial charge in [-0.05, 0) is 19.3 Å². The zero-order valence-corrected chi connectivity index (χ0v) is 11.5. The number of anilines is 2. The summed E-state index contributed by atoms with van der Waals surface area (Å²) < 4.78 is 5.40. The number of hydrogen-bond donors (Lipinski definition) is 2. The zero-order valence-electron chi connectivity index (χ0n) is 11.5. The molecule has 1 atom stereocenters. The SMILES string of the molecule is CNc1ncnc(NC2CCN(C3CC3)C2)c1OC. The van der Waals surface area contributed by atoms with Crippen LogP contribution in [-0.2, 0) is 0 Å². The van der Waals surface area contributed by atoms with Crippen LogP contribution in [0.4, 0.5) is 11.6 Å². The van der Waals surface area contributed by atoms with Gasteiger partial charge in [0.05, 0.1) is 7.11 Å². The zero-order chi connectivity index (χ0) is 13.2. The Morgan fingerprint density at radius 1 is 1.26 bits per heavy atom. The highest BCUT2D eigenvalue weighted by Gasteiger charge is 2.34. The molecule has 2 fully saturated rings. The first kappa shape index (κ1) is 12.5. The Hall–Kier alpha value is -1.56. The minimum Gasteiger partial charge on any atom is -0.490 e. The van der Waals surface area contributed by atoms with Crippen LogP contribution in [0, 0.1) is 0 Å². The van der Waals surface area contributed by atoms with Crippen LogP contribution in [0.25, 0.3) is 0 Å². The second-order valence-corrected chi connectivity index (χ2v) is 5.21. The van der Waals surface area contributed by atoms with Gasteiger partial charge in [0.2, 0.25) is 5.75 Å². The molecule has 1 aromatic rings. The molecule has 19 heavy (non-hydrogen) atoms. The van der Waals surface area contributed by atoms with Crippen molar-refractivity contribution in [2.45, 2.75) is 31.3 Å². The summed E-state index contributed by atoms with van der Waals surface area (Å²) in [6.07, 6.45) is 5.46. The first-order chi connectivity index (χ1) is 9.31. The molecule has 0 spiro atoms. The molecule has 0 aromatic carbocycles. The smallest absolute Gasteiger partial charge is 0.204 e. The highest BCUT2D eigenvalue weighted by molar-refractivity contribution is 5.63. The van der Waals surface area contributed by atoms with Gasteiger partial charge in [-0.25, -0.2) is 9.97 Å². The average Bonchev–Trinajstić information content (AvgIpc) is 3.19. The normalized spacial score (nSPS) is 23.4. The fraction of sp³-hybridized carbons (Fsp3) is 0.692. The lowest BCUT2D eigenvalue weighted by molar-refractivity contribution is 0.326. The van der Waals surface area contributed by atoms with E-state index in [1.165, 1.54) is 25.8 Å². The van der Waals surface area contributed by atoms with E-state index in [2.05, 4.69) is 25.5 Å². The van der Waals surface area contributed by atoms with E-state index < -0.39 is 0 Å². The van der Waals surface area contributed by atoms with E-state index in [-0.39, 0.29) is 0 Å². The maximum atomic E-state index is 5.40. The lowest BCUT2D eigenvalue weighted by Gasteiger charge is -2.18. The van der Waals surface area contributed by atoms with E-state index in [4.69, 9.17) is 4.74 Å². The Balaban J connectivity index is 1.69. The topological polar surface area (TPSA) is 62.3 Å². The van der Waals surface area contributed by atoms with Crippen LogP contribution in [0.2, 0.25) is 0 Å². The fourth-order valence-corrected chi connectivity index (χ4v) is 2.72. The lowest BCUT2D eigenvalue weighted by Crippen LogP contribution is -2.28. The summed E-state index contributed by atoms with van der Waals surface area (Å²) in [6.45, 7) is 2.29. The molecule has 1 aliphatic heterocycles.